The van der Waals surface area contributed by atoms with Crippen LogP contribution in [0.4, 0.5) is 4.39 Å². The van der Waals surface area contributed by atoms with Gasteiger partial charge in [0.15, 0.2) is 0 Å². The van der Waals surface area contributed by atoms with E-state index in [4.69, 9.17) is 11.5 Å². The van der Waals surface area contributed by atoms with Gasteiger partial charge >= 0.3 is 0 Å². The molecule has 0 aromatic heterocycles. The van der Waals surface area contributed by atoms with E-state index in [9.17, 15) is 4.39 Å². The van der Waals surface area contributed by atoms with Crippen molar-refractivity contribution in [2.45, 2.75) is 19.4 Å². The second-order valence-corrected chi connectivity index (χ2v) is 3.21. The van der Waals surface area contributed by atoms with E-state index in [2.05, 4.69) is 0 Å². The minimum atomic E-state index is -0.286. The minimum absolute atomic E-state index is 0. The molecule has 1 aromatic rings. The number of aryl methyl sites for hydroxylation is 1. The van der Waals surface area contributed by atoms with E-state index in [1.165, 1.54) is 6.07 Å². The highest BCUT2D eigenvalue weighted by atomic mass is 35.5. The first-order valence-corrected chi connectivity index (χ1v) is 4.37. The number of rotatable bonds is 3. The SMILES string of the molecule is Cc1ccc([C@@H](N)CCN)c(F)c1.Cl. The van der Waals surface area contributed by atoms with Crippen LogP contribution in [-0.2, 0) is 0 Å². The smallest absolute Gasteiger partial charge is 0.128 e. The molecule has 0 saturated heterocycles. The van der Waals surface area contributed by atoms with Crippen LogP contribution >= 0.6 is 12.4 Å². The fourth-order valence-electron chi connectivity index (χ4n) is 1.27. The molecule has 0 amide bonds. The second kappa shape index (κ2) is 5.96. The van der Waals surface area contributed by atoms with Crippen molar-refractivity contribution >= 4 is 12.4 Å². The minimum Gasteiger partial charge on any atom is -0.330 e. The second-order valence-electron chi connectivity index (χ2n) is 3.21. The van der Waals surface area contributed by atoms with Crippen LogP contribution in [0.2, 0.25) is 0 Å². The average molecular weight is 219 g/mol. The van der Waals surface area contributed by atoms with Gasteiger partial charge in [0, 0.05) is 11.6 Å². The lowest BCUT2D eigenvalue weighted by Crippen LogP contribution is -2.16. The van der Waals surface area contributed by atoms with Crippen molar-refractivity contribution in [2.75, 3.05) is 6.54 Å². The third-order valence-electron chi connectivity index (χ3n) is 2.03. The Hall–Kier alpha value is -0.640. The van der Waals surface area contributed by atoms with Crippen molar-refractivity contribution < 1.29 is 4.39 Å². The standard InChI is InChI=1S/C10H15FN2.ClH/c1-7-2-3-8(9(11)6-7)10(13)4-5-12;/h2-3,6,10H,4-5,12-13H2,1H3;1H/t10-;/m0./s1. The Morgan fingerprint density at radius 2 is 2.07 bits per heavy atom. The zero-order valence-electron chi connectivity index (χ0n) is 8.16. The van der Waals surface area contributed by atoms with Gasteiger partial charge in [-0.05, 0) is 31.5 Å². The van der Waals surface area contributed by atoms with Gasteiger partial charge in [-0.2, -0.15) is 0 Å². The van der Waals surface area contributed by atoms with Crippen molar-refractivity contribution in [3.63, 3.8) is 0 Å². The Balaban J connectivity index is 0.00000169. The van der Waals surface area contributed by atoms with E-state index in [1.807, 2.05) is 13.0 Å². The monoisotopic (exact) mass is 218 g/mol. The van der Waals surface area contributed by atoms with Crippen LogP contribution in [-0.4, -0.2) is 6.54 Å². The van der Waals surface area contributed by atoms with Gasteiger partial charge in [0.05, 0.1) is 0 Å². The molecule has 0 saturated carbocycles. The predicted octanol–water partition coefficient (Wildman–Crippen LogP) is 1.90. The van der Waals surface area contributed by atoms with Crippen LogP contribution in [0.25, 0.3) is 0 Å². The van der Waals surface area contributed by atoms with Crippen LogP contribution in [0.3, 0.4) is 0 Å². The van der Waals surface area contributed by atoms with Crippen molar-refractivity contribution in [2.24, 2.45) is 11.5 Å². The molecule has 0 aliphatic carbocycles. The van der Waals surface area contributed by atoms with Crippen molar-refractivity contribution in [1.29, 1.82) is 0 Å². The molecule has 1 atom stereocenters. The summed E-state index contributed by atoms with van der Waals surface area (Å²) in [6.07, 6.45) is 0.611. The van der Waals surface area contributed by atoms with Crippen LogP contribution in [0, 0.1) is 12.7 Å². The lowest BCUT2D eigenvalue weighted by molar-refractivity contribution is 0.566. The average Bonchev–Trinajstić information content (AvgIpc) is 2.04. The van der Waals surface area contributed by atoms with E-state index < -0.39 is 0 Å². The topological polar surface area (TPSA) is 52.0 Å². The van der Waals surface area contributed by atoms with Crippen molar-refractivity contribution in [3.05, 3.63) is 35.1 Å². The summed E-state index contributed by atoms with van der Waals surface area (Å²) in [5, 5.41) is 0. The largest absolute Gasteiger partial charge is 0.330 e. The Morgan fingerprint density at radius 1 is 1.43 bits per heavy atom. The first-order valence-electron chi connectivity index (χ1n) is 4.37. The maximum Gasteiger partial charge on any atom is 0.128 e. The third kappa shape index (κ3) is 3.25. The van der Waals surface area contributed by atoms with E-state index in [1.54, 1.807) is 6.07 Å². The molecule has 0 radical (unpaired) electrons. The van der Waals surface area contributed by atoms with E-state index >= 15 is 0 Å². The number of hydrogen-bond donors (Lipinski definition) is 2. The zero-order valence-corrected chi connectivity index (χ0v) is 8.98. The molecular weight excluding hydrogens is 203 g/mol. The quantitative estimate of drug-likeness (QED) is 0.814. The summed E-state index contributed by atoms with van der Waals surface area (Å²) >= 11 is 0. The molecule has 0 heterocycles. The molecule has 0 spiro atoms. The van der Waals surface area contributed by atoms with E-state index in [0.29, 0.717) is 18.5 Å². The summed E-state index contributed by atoms with van der Waals surface area (Å²) in [5.41, 5.74) is 12.5. The summed E-state index contributed by atoms with van der Waals surface area (Å²) in [4.78, 5) is 0. The summed E-state index contributed by atoms with van der Waals surface area (Å²) in [5.74, 6) is -0.235. The normalized spacial score (nSPS) is 12.0. The molecule has 80 valence electrons. The van der Waals surface area contributed by atoms with Gasteiger partial charge < -0.3 is 11.5 Å². The van der Waals surface area contributed by atoms with Gasteiger partial charge in [-0.25, -0.2) is 4.39 Å². The Bertz CT molecular complexity index is 291. The molecule has 0 fully saturated rings. The number of hydrogen-bond acceptors (Lipinski definition) is 2. The van der Waals surface area contributed by atoms with Crippen LogP contribution in [0.1, 0.15) is 23.6 Å². The predicted molar refractivity (Wildman–Crippen MR) is 59.0 cm³/mol. The molecule has 1 rings (SSSR count). The van der Waals surface area contributed by atoms with Crippen molar-refractivity contribution in [1.82, 2.24) is 0 Å². The summed E-state index contributed by atoms with van der Waals surface area (Å²) < 4.78 is 13.3. The van der Waals surface area contributed by atoms with Gasteiger partial charge in [0.25, 0.3) is 0 Å². The Labute approximate surface area is 89.9 Å². The van der Waals surface area contributed by atoms with Gasteiger partial charge in [0.1, 0.15) is 5.82 Å². The first kappa shape index (κ1) is 13.4. The molecule has 0 aliphatic heterocycles. The molecule has 4 N–H and O–H groups in total. The summed E-state index contributed by atoms with van der Waals surface area (Å²) in [6.45, 7) is 2.33. The maximum atomic E-state index is 13.3. The lowest BCUT2D eigenvalue weighted by Gasteiger charge is -2.11. The van der Waals surface area contributed by atoms with Gasteiger partial charge in [0.2, 0.25) is 0 Å². The molecule has 2 nitrogen and oxygen atoms in total. The van der Waals surface area contributed by atoms with Crippen LogP contribution < -0.4 is 11.5 Å². The molecular formula is C10H16ClFN2. The number of benzene rings is 1. The number of nitrogens with two attached hydrogens (primary N) is 2. The highest BCUT2D eigenvalue weighted by molar-refractivity contribution is 5.85. The van der Waals surface area contributed by atoms with E-state index in [0.717, 1.165) is 5.56 Å². The molecule has 0 aliphatic rings. The van der Waals surface area contributed by atoms with Gasteiger partial charge in [-0.3, -0.25) is 0 Å². The molecule has 4 heteroatoms. The van der Waals surface area contributed by atoms with Gasteiger partial charge in [-0.15, -0.1) is 12.4 Å². The van der Waals surface area contributed by atoms with E-state index in [-0.39, 0.29) is 24.3 Å². The maximum absolute atomic E-state index is 13.3. The molecule has 14 heavy (non-hydrogen) atoms. The fraction of sp³-hybridized carbons (Fsp3) is 0.400. The van der Waals surface area contributed by atoms with Crippen LogP contribution in [0.15, 0.2) is 18.2 Å². The fourth-order valence-corrected chi connectivity index (χ4v) is 1.27. The Morgan fingerprint density at radius 3 is 2.57 bits per heavy atom. The molecule has 0 bridgehead atoms. The lowest BCUT2D eigenvalue weighted by atomic mass is 10.0. The highest BCUT2D eigenvalue weighted by Gasteiger charge is 2.09. The highest BCUT2D eigenvalue weighted by Crippen LogP contribution is 2.18. The first-order chi connectivity index (χ1) is 6.15. The third-order valence-corrected chi connectivity index (χ3v) is 2.03. The number of halogens is 2. The molecule has 0 unspecified atom stereocenters. The molecule has 1 aromatic carbocycles. The summed E-state index contributed by atoms with van der Waals surface area (Å²) in [7, 11) is 0. The summed E-state index contributed by atoms with van der Waals surface area (Å²) in [6, 6.07) is 4.79. The van der Waals surface area contributed by atoms with Crippen molar-refractivity contribution in [3.8, 4) is 0 Å². The Kier molecular flexibility index (Phi) is 5.69. The van der Waals surface area contributed by atoms with Gasteiger partial charge in [-0.1, -0.05) is 12.1 Å². The van der Waals surface area contributed by atoms with Crippen LogP contribution in [0.5, 0.6) is 0 Å². The zero-order chi connectivity index (χ0) is 9.84.